The van der Waals surface area contributed by atoms with Crippen molar-refractivity contribution < 1.29 is 4.79 Å². The molecule has 1 aromatic heterocycles. The first-order valence-electron chi connectivity index (χ1n) is 8.16. The van der Waals surface area contributed by atoms with E-state index in [-0.39, 0.29) is 11.8 Å². The van der Waals surface area contributed by atoms with Crippen LogP contribution in [0.25, 0.3) is 0 Å². The van der Waals surface area contributed by atoms with E-state index in [0.717, 1.165) is 11.4 Å². The first-order valence-corrected chi connectivity index (χ1v) is 8.16. The first-order chi connectivity index (χ1) is 10.7. The highest BCUT2D eigenvalue weighted by Gasteiger charge is 2.32. The molecule has 2 aromatic rings. The summed E-state index contributed by atoms with van der Waals surface area (Å²) in [4.78, 5) is 12.2. The molecule has 1 saturated carbocycles. The predicted octanol–water partition coefficient (Wildman–Crippen LogP) is 3.78. The van der Waals surface area contributed by atoms with Crippen LogP contribution in [-0.4, -0.2) is 15.7 Å². The van der Waals surface area contributed by atoms with E-state index in [1.165, 1.54) is 36.8 Å². The van der Waals surface area contributed by atoms with Crippen molar-refractivity contribution in [3.05, 3.63) is 47.2 Å². The first kappa shape index (κ1) is 13.6. The van der Waals surface area contributed by atoms with Gasteiger partial charge in [-0.3, -0.25) is 4.79 Å². The van der Waals surface area contributed by atoms with Crippen molar-refractivity contribution in [2.24, 2.45) is 0 Å². The molecule has 1 aliphatic heterocycles. The molecule has 1 aromatic carbocycles. The van der Waals surface area contributed by atoms with Crippen molar-refractivity contribution in [3.63, 3.8) is 0 Å². The molecule has 0 spiro atoms. The van der Waals surface area contributed by atoms with E-state index in [2.05, 4.69) is 46.3 Å². The average molecular weight is 295 g/mol. The summed E-state index contributed by atoms with van der Waals surface area (Å²) in [6.45, 7) is 2.09. The average Bonchev–Trinajstić information content (AvgIpc) is 3.14. The number of fused-ring (bicyclic) bond motifs is 1. The Morgan fingerprint density at radius 2 is 2.09 bits per heavy atom. The molecule has 22 heavy (non-hydrogen) atoms. The number of amides is 1. The third-order valence-corrected chi connectivity index (χ3v) is 4.96. The fourth-order valence-electron chi connectivity index (χ4n) is 3.85. The Bertz CT molecular complexity index is 713. The van der Waals surface area contributed by atoms with Crippen molar-refractivity contribution in [1.82, 2.24) is 9.78 Å². The summed E-state index contributed by atoms with van der Waals surface area (Å²) in [5.74, 6) is 1.15. The van der Waals surface area contributed by atoms with E-state index >= 15 is 0 Å². The Hall–Kier alpha value is -2.10. The van der Waals surface area contributed by atoms with Gasteiger partial charge in [-0.2, -0.15) is 5.10 Å². The van der Waals surface area contributed by atoms with E-state index in [1.807, 2.05) is 6.20 Å². The number of hydrogen-bond acceptors (Lipinski definition) is 2. The highest BCUT2D eigenvalue weighted by atomic mass is 16.1. The maximum absolute atomic E-state index is 12.2. The summed E-state index contributed by atoms with van der Waals surface area (Å²) in [5.41, 5.74) is 3.60. The minimum Gasteiger partial charge on any atom is -0.311 e. The van der Waals surface area contributed by atoms with Crippen LogP contribution >= 0.6 is 0 Å². The zero-order valence-corrected chi connectivity index (χ0v) is 12.9. The molecule has 1 aliphatic carbocycles. The van der Waals surface area contributed by atoms with Gasteiger partial charge in [-0.15, -0.1) is 0 Å². The Balaban J connectivity index is 1.76. The molecule has 2 heterocycles. The zero-order chi connectivity index (χ0) is 15.1. The van der Waals surface area contributed by atoms with Gasteiger partial charge in [0.05, 0.1) is 12.2 Å². The van der Waals surface area contributed by atoms with Crippen molar-refractivity contribution in [2.75, 3.05) is 5.32 Å². The van der Waals surface area contributed by atoms with Crippen molar-refractivity contribution in [2.45, 2.75) is 51.0 Å². The van der Waals surface area contributed by atoms with E-state index < -0.39 is 0 Å². The third-order valence-electron chi connectivity index (χ3n) is 4.96. The van der Waals surface area contributed by atoms with Gasteiger partial charge in [0, 0.05) is 17.9 Å². The van der Waals surface area contributed by atoms with Crippen LogP contribution in [0, 0.1) is 6.92 Å². The molecule has 1 N–H and O–H groups in total. The van der Waals surface area contributed by atoms with Crippen LogP contribution in [0.1, 0.15) is 60.8 Å². The number of carbonyl (C=O) groups is 1. The number of rotatable bonds is 2. The Morgan fingerprint density at radius 3 is 2.86 bits per heavy atom. The zero-order valence-electron chi connectivity index (χ0n) is 12.9. The maximum Gasteiger partial charge on any atom is 0.226 e. The van der Waals surface area contributed by atoms with Crippen molar-refractivity contribution in [3.8, 4) is 0 Å². The van der Waals surface area contributed by atoms with Gasteiger partial charge in [0.2, 0.25) is 5.91 Å². The van der Waals surface area contributed by atoms with Crippen molar-refractivity contribution >= 4 is 11.7 Å². The van der Waals surface area contributed by atoms with Gasteiger partial charge in [0.15, 0.2) is 0 Å². The number of benzene rings is 1. The molecule has 4 nitrogen and oxygen atoms in total. The standard InChI is InChI=1S/C18H21N3O/c1-12-5-4-6-13(9-12)15-10-17(22)20-18-16(15)11-19-21(18)14-7-2-3-8-14/h4-6,9,11,14-15H,2-3,7-8,10H2,1H3,(H,20,22). The van der Waals surface area contributed by atoms with Crippen LogP contribution in [0.3, 0.4) is 0 Å². The summed E-state index contributed by atoms with van der Waals surface area (Å²) in [7, 11) is 0. The van der Waals surface area contributed by atoms with Crippen LogP contribution < -0.4 is 5.32 Å². The molecule has 1 unspecified atom stereocenters. The summed E-state index contributed by atoms with van der Waals surface area (Å²) in [6, 6.07) is 8.90. The Labute approximate surface area is 130 Å². The molecule has 4 heteroatoms. The third kappa shape index (κ3) is 2.23. The van der Waals surface area contributed by atoms with Crippen LogP contribution in [0.2, 0.25) is 0 Å². The lowest BCUT2D eigenvalue weighted by atomic mass is 9.87. The number of carbonyl (C=O) groups excluding carboxylic acids is 1. The molecule has 4 rings (SSSR count). The van der Waals surface area contributed by atoms with E-state index in [1.54, 1.807) is 0 Å². The van der Waals surface area contributed by atoms with Crippen LogP contribution in [-0.2, 0) is 4.79 Å². The summed E-state index contributed by atoms with van der Waals surface area (Å²) < 4.78 is 2.06. The molecular formula is C18H21N3O. The van der Waals surface area contributed by atoms with Crippen molar-refractivity contribution in [1.29, 1.82) is 0 Å². The topological polar surface area (TPSA) is 46.9 Å². The van der Waals surface area contributed by atoms with Gasteiger partial charge in [0.1, 0.15) is 5.82 Å². The molecule has 0 radical (unpaired) electrons. The number of nitrogens with zero attached hydrogens (tertiary/aromatic N) is 2. The Kier molecular flexibility index (Phi) is 3.25. The number of anilines is 1. The summed E-state index contributed by atoms with van der Waals surface area (Å²) in [5, 5.41) is 7.68. The molecular weight excluding hydrogens is 274 g/mol. The predicted molar refractivity (Wildman–Crippen MR) is 86.0 cm³/mol. The maximum atomic E-state index is 12.2. The molecule has 0 saturated heterocycles. The number of hydrogen-bond donors (Lipinski definition) is 1. The van der Waals surface area contributed by atoms with Gasteiger partial charge in [-0.1, -0.05) is 42.7 Å². The SMILES string of the molecule is Cc1cccc(C2CC(=O)Nc3c2cnn3C2CCCC2)c1. The molecule has 2 aliphatic rings. The van der Waals surface area contributed by atoms with Crippen LogP contribution in [0.15, 0.2) is 30.5 Å². The van der Waals surface area contributed by atoms with Crippen LogP contribution in [0.4, 0.5) is 5.82 Å². The van der Waals surface area contributed by atoms with Gasteiger partial charge >= 0.3 is 0 Å². The molecule has 0 bridgehead atoms. The minimum atomic E-state index is 0.0961. The van der Waals surface area contributed by atoms with E-state index in [4.69, 9.17) is 0 Å². The normalized spacial score (nSPS) is 21.7. The Morgan fingerprint density at radius 1 is 1.27 bits per heavy atom. The van der Waals surface area contributed by atoms with E-state index in [9.17, 15) is 4.79 Å². The fraction of sp³-hybridized carbons (Fsp3) is 0.444. The second kappa shape index (κ2) is 5.27. The number of aryl methyl sites for hydroxylation is 1. The number of nitrogens with one attached hydrogen (secondary N) is 1. The molecule has 1 fully saturated rings. The lowest BCUT2D eigenvalue weighted by Gasteiger charge is -2.25. The lowest BCUT2D eigenvalue weighted by Crippen LogP contribution is -2.25. The highest BCUT2D eigenvalue weighted by molar-refractivity contribution is 5.94. The lowest BCUT2D eigenvalue weighted by molar-refractivity contribution is -0.116. The largest absolute Gasteiger partial charge is 0.311 e. The van der Waals surface area contributed by atoms with Gasteiger partial charge in [-0.25, -0.2) is 4.68 Å². The summed E-state index contributed by atoms with van der Waals surface area (Å²) in [6.07, 6.45) is 7.31. The molecule has 1 amide bonds. The van der Waals surface area contributed by atoms with Crippen LogP contribution in [0.5, 0.6) is 0 Å². The van der Waals surface area contributed by atoms with Gasteiger partial charge in [0.25, 0.3) is 0 Å². The molecule has 114 valence electrons. The second-order valence-corrected chi connectivity index (χ2v) is 6.55. The second-order valence-electron chi connectivity index (χ2n) is 6.55. The minimum absolute atomic E-state index is 0.0961. The molecule has 1 atom stereocenters. The quantitative estimate of drug-likeness (QED) is 0.916. The van der Waals surface area contributed by atoms with Gasteiger partial charge in [-0.05, 0) is 25.3 Å². The summed E-state index contributed by atoms with van der Waals surface area (Å²) >= 11 is 0. The highest BCUT2D eigenvalue weighted by Crippen LogP contribution is 2.40. The number of aromatic nitrogens is 2. The van der Waals surface area contributed by atoms with Gasteiger partial charge < -0.3 is 5.32 Å². The smallest absolute Gasteiger partial charge is 0.226 e. The fourth-order valence-corrected chi connectivity index (χ4v) is 3.85. The van der Waals surface area contributed by atoms with E-state index in [0.29, 0.717) is 12.5 Å². The monoisotopic (exact) mass is 295 g/mol.